The summed E-state index contributed by atoms with van der Waals surface area (Å²) >= 11 is -0.796. The SMILES string of the molecule is CC[Si](CC)(CC)c1cc(C(C)(C)C)cc(C[S]2=[Zr]=[S@@](Cc3cc(C(C)(C)C)cc([Si](CC)(CC)CC)c3O)C3CCCCCC[C@@H]32)c1O.[CH2-]c1ccccc1.[CH2-]c1ccccc1. The van der Waals surface area contributed by atoms with Gasteiger partial charge in [-0.25, -0.2) is 0 Å². The summed E-state index contributed by atoms with van der Waals surface area (Å²) in [5, 5.41) is 28.8. The maximum Gasteiger partial charge on any atom is -0.0866 e. The predicted octanol–water partition coefficient (Wildman–Crippen LogP) is 16.1. The van der Waals surface area contributed by atoms with Gasteiger partial charge in [0.1, 0.15) is 0 Å². The molecule has 1 aliphatic carbocycles. The molecule has 1 heterocycles. The Kier molecular flexibility index (Phi) is 20.8. The number of benzene rings is 4. The zero-order chi connectivity index (χ0) is 46.6. The molecule has 0 amide bonds. The van der Waals surface area contributed by atoms with Crippen LogP contribution in [0, 0.1) is 13.8 Å². The molecule has 1 fully saturated rings. The van der Waals surface area contributed by atoms with Gasteiger partial charge in [-0.2, -0.15) is 49.2 Å². The Morgan fingerprint density at radius 3 is 1.10 bits per heavy atom. The second-order valence-electron chi connectivity index (χ2n) is 20.5. The molecule has 348 valence electrons. The third kappa shape index (κ3) is 13.9. The smallest absolute Gasteiger partial charge is 0.0866 e. The Morgan fingerprint density at radius 2 is 0.841 bits per heavy atom. The molecule has 0 radical (unpaired) electrons. The summed E-state index contributed by atoms with van der Waals surface area (Å²) in [6.07, 6.45) is 8.32. The number of fused-ring (bicyclic) bond motifs is 1. The number of hydrogen-bond donors (Lipinski definition) is 2. The van der Waals surface area contributed by atoms with Crippen molar-refractivity contribution in [3.63, 3.8) is 0 Å². The maximum absolute atomic E-state index is 12.2. The molecule has 4 atom stereocenters. The Hall–Kier alpha value is -1.76. The van der Waals surface area contributed by atoms with Crippen molar-refractivity contribution in [1.82, 2.24) is 0 Å². The average Bonchev–Trinajstić information content (AvgIpc) is 3.55. The van der Waals surface area contributed by atoms with E-state index < -0.39 is 35.3 Å². The van der Waals surface area contributed by atoms with Crippen molar-refractivity contribution in [1.29, 1.82) is 0 Å². The van der Waals surface area contributed by atoms with Crippen LogP contribution in [0.3, 0.4) is 0 Å². The summed E-state index contributed by atoms with van der Waals surface area (Å²) in [5.74, 6) is 3.59. The van der Waals surface area contributed by atoms with Crippen LogP contribution < -0.4 is 10.4 Å². The molecule has 7 heteroatoms. The molecular weight excluding hydrogens is 916 g/mol. The average molecular weight is 1000 g/mol. The zero-order valence-electron chi connectivity index (χ0n) is 41.8. The number of rotatable bonds is 12. The molecule has 2 nitrogen and oxygen atoms in total. The Morgan fingerprint density at radius 1 is 0.524 bits per heavy atom. The second-order valence-corrected chi connectivity index (χ2v) is 46.5. The number of aromatic hydroxyl groups is 2. The van der Waals surface area contributed by atoms with Gasteiger partial charge in [-0.3, -0.25) is 0 Å². The van der Waals surface area contributed by atoms with Crippen molar-refractivity contribution in [3.05, 3.63) is 132 Å². The molecule has 63 heavy (non-hydrogen) atoms. The van der Waals surface area contributed by atoms with E-state index >= 15 is 0 Å². The Labute approximate surface area is 401 Å². The van der Waals surface area contributed by atoms with E-state index in [1.54, 1.807) is 0 Å². The van der Waals surface area contributed by atoms with E-state index in [9.17, 15) is 10.2 Å². The van der Waals surface area contributed by atoms with Gasteiger partial charge < -0.3 is 0 Å². The molecule has 4 aromatic rings. The maximum atomic E-state index is 12.2. The quantitative estimate of drug-likeness (QED) is 0.110. The Bertz CT molecular complexity index is 1960. The first-order valence-electron chi connectivity index (χ1n) is 24.5. The van der Waals surface area contributed by atoms with Gasteiger partial charge in [-0.1, -0.05) is 12.1 Å². The first-order valence-corrected chi connectivity index (χ1v) is 38.6. The normalized spacial score (nSPS) is 19.2. The molecule has 2 N–H and O–H groups in total. The van der Waals surface area contributed by atoms with E-state index in [-0.39, 0.29) is 10.8 Å². The van der Waals surface area contributed by atoms with Crippen molar-refractivity contribution >= 4 is 40.8 Å². The summed E-state index contributed by atoms with van der Waals surface area (Å²) in [5.41, 5.74) is 7.71. The van der Waals surface area contributed by atoms with Crippen LogP contribution in [0.2, 0.25) is 36.3 Å². The molecule has 0 bridgehead atoms. The molecule has 2 unspecified atom stereocenters. The number of hydrogen-bond acceptors (Lipinski definition) is 2. The van der Waals surface area contributed by atoms with E-state index in [0.29, 0.717) is 25.7 Å². The van der Waals surface area contributed by atoms with Crippen molar-refractivity contribution in [2.75, 3.05) is 0 Å². The zero-order valence-corrected chi connectivity index (χ0v) is 47.9. The second kappa shape index (κ2) is 24.3. The molecule has 0 saturated heterocycles. The van der Waals surface area contributed by atoms with Gasteiger partial charge in [0, 0.05) is 0 Å². The molecule has 1 aliphatic heterocycles. The summed E-state index contributed by atoms with van der Waals surface area (Å²) in [6, 6.07) is 36.7. The molecule has 4 aromatic carbocycles. The van der Waals surface area contributed by atoms with E-state index in [1.807, 2.05) is 60.7 Å². The van der Waals surface area contributed by atoms with Crippen LogP contribution in [0.5, 0.6) is 11.5 Å². The van der Waals surface area contributed by atoms with E-state index in [4.69, 9.17) is 0 Å². The first-order chi connectivity index (χ1) is 29.8. The van der Waals surface area contributed by atoms with Crippen molar-refractivity contribution in [2.24, 2.45) is 0 Å². The van der Waals surface area contributed by atoms with Gasteiger partial charge in [-0.15, -0.1) is 24.3 Å². The molecule has 0 spiro atoms. The van der Waals surface area contributed by atoms with Crippen LogP contribution in [-0.4, -0.2) is 36.9 Å². The van der Waals surface area contributed by atoms with E-state index in [2.05, 4.69) is 121 Å². The summed E-state index contributed by atoms with van der Waals surface area (Å²) in [4.78, 5) is 0. The molecule has 2 aliphatic rings. The van der Waals surface area contributed by atoms with E-state index in [0.717, 1.165) is 33.1 Å². The van der Waals surface area contributed by atoms with Crippen LogP contribution in [0.15, 0.2) is 84.9 Å². The van der Waals surface area contributed by atoms with Gasteiger partial charge in [0.2, 0.25) is 0 Å². The fraction of sp³-hybridized carbons (Fsp3) is 0.536. The minimum Gasteiger partial charge on any atom is -0.199 e. The van der Waals surface area contributed by atoms with Crippen LogP contribution in [0.1, 0.15) is 155 Å². The molecule has 6 rings (SSSR count). The predicted molar refractivity (Wildman–Crippen MR) is 287 cm³/mol. The minimum absolute atomic E-state index is 0.0692. The molecule has 1 saturated carbocycles. The standard InChI is InChI=1S/C42H72O2S2Si2.2C7H7.Zr/c1-13-47(14-2,15-3)37-27-33(41(7,8)9)25-31(39(37)43)29-45-35-23-21-19-20-22-24-36(35)46-30-32-26-34(42(10,11)12)28-38(40(32)44)48(16-4,17-5)18-6;2*1-7-5-3-2-4-6-7;/h25-28,35-36,43-44H,13-24,29-30H2,1-12H3;2*2-6H,1H2;/q;2*-1;/t35-,36?;;;/m0.../s1. The van der Waals surface area contributed by atoms with Crippen LogP contribution >= 0.6 is 14.2 Å². The number of phenolic OH excluding ortho intramolecular Hbond substituents is 2. The van der Waals surface area contributed by atoms with Gasteiger partial charge >= 0.3 is 319 Å². The summed E-state index contributed by atoms with van der Waals surface area (Å²) in [7, 11) is -2.72. The van der Waals surface area contributed by atoms with Crippen LogP contribution in [0.4, 0.5) is 0 Å². The number of phenols is 2. The summed E-state index contributed by atoms with van der Waals surface area (Å²) < 4.78 is 0. The van der Waals surface area contributed by atoms with Crippen molar-refractivity contribution in [3.8, 4) is 11.5 Å². The topological polar surface area (TPSA) is 40.5 Å². The fourth-order valence-corrected chi connectivity index (χ4v) is 46.2. The monoisotopic (exact) mass is 1000 g/mol. The van der Waals surface area contributed by atoms with Crippen molar-refractivity contribution in [2.45, 2.75) is 191 Å². The molecular formula is C56H86O2S2Si2Zr-2. The fourth-order valence-electron chi connectivity index (χ4n) is 9.82. The van der Waals surface area contributed by atoms with Crippen LogP contribution in [0.25, 0.3) is 0 Å². The van der Waals surface area contributed by atoms with Crippen molar-refractivity contribution < 1.29 is 29.4 Å². The first kappa shape index (κ1) is 53.8. The minimum atomic E-state index is -1.76. The van der Waals surface area contributed by atoms with Gasteiger partial charge in [0.05, 0.1) is 0 Å². The van der Waals surface area contributed by atoms with Gasteiger partial charge in [-0.05, 0) is 0 Å². The van der Waals surface area contributed by atoms with Crippen LogP contribution in [-0.2, 0) is 41.5 Å². The molecule has 0 aromatic heterocycles. The van der Waals surface area contributed by atoms with Gasteiger partial charge in [0.15, 0.2) is 0 Å². The van der Waals surface area contributed by atoms with Gasteiger partial charge in [0.25, 0.3) is 0 Å². The largest absolute Gasteiger partial charge is 0.199 e. The third-order valence-electron chi connectivity index (χ3n) is 14.7. The Balaban J connectivity index is 0.000000523. The third-order valence-corrected chi connectivity index (χ3v) is 47.7. The van der Waals surface area contributed by atoms with E-state index in [1.165, 1.54) is 107 Å². The summed E-state index contributed by atoms with van der Waals surface area (Å²) in [6.45, 7) is 35.9.